The number of nitrogens with zero attached hydrogens (tertiary/aromatic N) is 5. The fourth-order valence-corrected chi connectivity index (χ4v) is 4.39. The van der Waals surface area contributed by atoms with Crippen molar-refractivity contribution in [2.24, 2.45) is 0 Å². The van der Waals surface area contributed by atoms with Crippen LogP contribution in [0.15, 0.2) is 16.9 Å². The largest absolute Gasteiger partial charge is 0.465 e. The molecule has 11 heteroatoms. The van der Waals surface area contributed by atoms with E-state index in [4.69, 9.17) is 9.47 Å². The van der Waals surface area contributed by atoms with Crippen molar-refractivity contribution < 1.29 is 14.3 Å². The predicted octanol–water partition coefficient (Wildman–Crippen LogP) is 2.79. The molecule has 3 aromatic rings. The lowest BCUT2D eigenvalue weighted by Crippen LogP contribution is -2.32. The van der Waals surface area contributed by atoms with Gasteiger partial charge in [0.15, 0.2) is 11.5 Å². The maximum Gasteiger partial charge on any atom is 0.318 e. The second-order valence-corrected chi connectivity index (χ2v) is 15.3. The number of nitrogens with one attached hydrogen (secondary N) is 1. The van der Waals surface area contributed by atoms with Crippen LogP contribution in [0.4, 0.5) is 0 Å². The van der Waals surface area contributed by atoms with Crippen LogP contribution in [0.5, 0.6) is 0 Å². The van der Waals surface area contributed by atoms with Gasteiger partial charge in [0.25, 0.3) is 5.56 Å². The molecule has 0 amide bonds. The molecular weight excluding hydrogens is 440 g/mol. The van der Waals surface area contributed by atoms with Crippen molar-refractivity contribution in [1.29, 1.82) is 0 Å². The quantitative estimate of drug-likeness (QED) is 0.287. The van der Waals surface area contributed by atoms with Gasteiger partial charge in [-0.15, -0.1) is 10.2 Å². The van der Waals surface area contributed by atoms with Crippen LogP contribution in [-0.2, 0) is 26.4 Å². The number of esters is 1. The number of hydrogen-bond acceptors (Lipinski definition) is 8. The number of aromatic amines is 1. The van der Waals surface area contributed by atoms with Crippen molar-refractivity contribution in [3.8, 4) is 11.5 Å². The van der Waals surface area contributed by atoms with Crippen LogP contribution in [-0.4, -0.2) is 57.2 Å². The van der Waals surface area contributed by atoms with Gasteiger partial charge in [-0.25, -0.2) is 9.67 Å². The first kappa shape index (κ1) is 23.2. The average molecular weight is 471 g/mol. The van der Waals surface area contributed by atoms with Gasteiger partial charge in [0, 0.05) is 20.4 Å². The van der Waals surface area contributed by atoms with Gasteiger partial charge < -0.3 is 14.5 Å². The van der Waals surface area contributed by atoms with Gasteiger partial charge in [0.05, 0.1) is 12.0 Å². The molecule has 4 rings (SSSR count). The zero-order chi connectivity index (χ0) is 23.8. The minimum Gasteiger partial charge on any atom is -0.465 e. The molecule has 1 fully saturated rings. The van der Waals surface area contributed by atoms with Crippen LogP contribution in [0, 0.1) is 6.92 Å². The third-order valence-corrected chi connectivity index (χ3v) is 7.44. The van der Waals surface area contributed by atoms with Crippen molar-refractivity contribution in [3.63, 3.8) is 0 Å². The number of pyridine rings is 1. The van der Waals surface area contributed by atoms with Crippen molar-refractivity contribution in [3.05, 3.63) is 33.9 Å². The highest BCUT2D eigenvalue weighted by atomic mass is 28.3. The van der Waals surface area contributed by atoms with Crippen LogP contribution in [0.3, 0.4) is 0 Å². The molecule has 0 atom stereocenters. The molecule has 0 bridgehead atoms. The monoisotopic (exact) mass is 470 g/mol. The van der Waals surface area contributed by atoms with Crippen LogP contribution in [0.25, 0.3) is 22.6 Å². The van der Waals surface area contributed by atoms with Gasteiger partial charge in [-0.1, -0.05) is 19.6 Å². The first-order valence-electron chi connectivity index (χ1n) is 11.2. The Labute approximate surface area is 192 Å². The summed E-state index contributed by atoms with van der Waals surface area (Å²) in [7, 11) is -1.20. The summed E-state index contributed by atoms with van der Waals surface area (Å²) in [6.07, 6.45) is 1.05. The summed E-state index contributed by atoms with van der Waals surface area (Å²) >= 11 is 0. The normalized spacial score (nSPS) is 15.1. The van der Waals surface area contributed by atoms with Crippen molar-refractivity contribution >= 4 is 25.1 Å². The zero-order valence-corrected chi connectivity index (χ0v) is 20.8. The SMILES string of the molecule is CCOC(=O)C1(c2nnc(-c3nn(COCC[Si](C)(C)C)c4nc(C)ccc34)[nH]c2=O)CC1. The lowest BCUT2D eigenvalue weighted by molar-refractivity contribution is -0.146. The fraction of sp³-hybridized carbons (Fsp3) is 0.545. The summed E-state index contributed by atoms with van der Waals surface area (Å²) in [6.45, 7) is 11.7. The molecule has 0 aliphatic heterocycles. The molecule has 0 unspecified atom stereocenters. The Morgan fingerprint density at radius 1 is 1.24 bits per heavy atom. The van der Waals surface area contributed by atoms with Crippen LogP contribution in [0.2, 0.25) is 25.7 Å². The van der Waals surface area contributed by atoms with E-state index in [1.165, 1.54) is 0 Å². The molecule has 33 heavy (non-hydrogen) atoms. The Bertz CT molecular complexity index is 1240. The van der Waals surface area contributed by atoms with Crippen molar-refractivity contribution in [2.75, 3.05) is 13.2 Å². The van der Waals surface area contributed by atoms with Crippen LogP contribution >= 0.6 is 0 Å². The van der Waals surface area contributed by atoms with E-state index < -0.39 is 25.0 Å². The number of aromatic nitrogens is 6. The second kappa shape index (κ2) is 8.79. The average Bonchev–Trinajstić information content (AvgIpc) is 3.47. The molecule has 0 aromatic carbocycles. The molecule has 0 radical (unpaired) electrons. The minimum absolute atomic E-state index is 0.0945. The summed E-state index contributed by atoms with van der Waals surface area (Å²) in [5, 5.41) is 13.7. The molecule has 10 nitrogen and oxygen atoms in total. The Morgan fingerprint density at radius 2 is 2.00 bits per heavy atom. The number of carbonyl (C=O) groups excluding carboxylic acids is 1. The first-order valence-corrected chi connectivity index (χ1v) is 14.9. The molecule has 1 aliphatic rings. The van der Waals surface area contributed by atoms with E-state index in [0.29, 0.717) is 30.8 Å². The van der Waals surface area contributed by atoms with Crippen LogP contribution < -0.4 is 5.56 Å². The Morgan fingerprint density at radius 3 is 2.64 bits per heavy atom. The highest BCUT2D eigenvalue weighted by Crippen LogP contribution is 2.47. The molecule has 1 N–H and O–H groups in total. The third kappa shape index (κ3) is 4.74. The Kier molecular flexibility index (Phi) is 6.19. The predicted molar refractivity (Wildman–Crippen MR) is 126 cm³/mol. The fourth-order valence-electron chi connectivity index (χ4n) is 3.63. The summed E-state index contributed by atoms with van der Waals surface area (Å²) in [5.41, 5.74) is 0.604. The number of aryl methyl sites for hydroxylation is 1. The number of fused-ring (bicyclic) bond motifs is 1. The molecular formula is C22H30N6O4Si. The van der Waals surface area contributed by atoms with Gasteiger partial charge in [-0.05, 0) is 44.9 Å². The van der Waals surface area contributed by atoms with Crippen molar-refractivity contribution in [1.82, 2.24) is 29.9 Å². The third-order valence-electron chi connectivity index (χ3n) is 5.74. The lowest BCUT2D eigenvalue weighted by atomic mass is 10.0. The maximum absolute atomic E-state index is 12.9. The maximum atomic E-state index is 12.9. The van der Waals surface area contributed by atoms with E-state index in [9.17, 15) is 9.59 Å². The summed E-state index contributed by atoms with van der Waals surface area (Å²) in [5.74, 6) is -0.206. The second-order valence-electron chi connectivity index (χ2n) is 9.67. The van der Waals surface area contributed by atoms with E-state index >= 15 is 0 Å². The van der Waals surface area contributed by atoms with E-state index in [-0.39, 0.29) is 24.9 Å². The summed E-state index contributed by atoms with van der Waals surface area (Å²) in [6, 6.07) is 4.82. The van der Waals surface area contributed by atoms with E-state index in [1.807, 2.05) is 19.1 Å². The standard InChI is InChI=1S/C22H30N6O4Si/c1-6-32-21(30)22(9-10-22)17-20(29)24-18(26-25-17)16-15-8-7-14(2)23-19(15)28(27-16)13-31-11-12-33(3,4)5/h7-8H,6,9-13H2,1-5H3,(H,24,26,29). The number of H-pyrrole nitrogens is 1. The van der Waals surface area contributed by atoms with Gasteiger partial charge >= 0.3 is 5.97 Å². The highest BCUT2D eigenvalue weighted by molar-refractivity contribution is 6.76. The van der Waals surface area contributed by atoms with E-state index in [0.717, 1.165) is 17.1 Å². The highest BCUT2D eigenvalue weighted by Gasteiger charge is 2.56. The Hall–Kier alpha value is -2.92. The molecule has 176 valence electrons. The number of carbonyl (C=O) groups is 1. The Balaban J connectivity index is 1.65. The molecule has 3 heterocycles. The molecule has 0 spiro atoms. The first-order chi connectivity index (χ1) is 15.6. The molecule has 1 saturated carbocycles. The van der Waals surface area contributed by atoms with E-state index in [1.54, 1.807) is 11.6 Å². The number of rotatable bonds is 9. The number of ether oxygens (including phenoxy) is 2. The molecule has 3 aromatic heterocycles. The molecule has 0 saturated heterocycles. The summed E-state index contributed by atoms with van der Waals surface area (Å²) < 4.78 is 12.7. The van der Waals surface area contributed by atoms with Gasteiger partial charge in [0.1, 0.15) is 23.5 Å². The molecule has 1 aliphatic carbocycles. The van der Waals surface area contributed by atoms with Gasteiger partial charge in [0.2, 0.25) is 0 Å². The lowest BCUT2D eigenvalue weighted by Gasteiger charge is -2.15. The number of hydrogen-bond donors (Lipinski definition) is 1. The minimum atomic E-state index is -1.20. The smallest absolute Gasteiger partial charge is 0.318 e. The van der Waals surface area contributed by atoms with Gasteiger partial charge in [-0.3, -0.25) is 9.59 Å². The van der Waals surface area contributed by atoms with E-state index in [2.05, 4.69) is 44.9 Å². The van der Waals surface area contributed by atoms with Crippen molar-refractivity contribution in [2.45, 2.75) is 64.5 Å². The van der Waals surface area contributed by atoms with Gasteiger partial charge in [-0.2, -0.15) is 5.10 Å². The van der Waals surface area contributed by atoms with Crippen LogP contribution in [0.1, 0.15) is 31.2 Å². The zero-order valence-electron chi connectivity index (χ0n) is 19.8. The topological polar surface area (TPSA) is 125 Å². The summed E-state index contributed by atoms with van der Waals surface area (Å²) in [4.78, 5) is 32.6.